The SMILES string of the molecule is O=C(N/N=C\c1ccc(O)c(Br)c1)Nc1cccc(Cl)c1. The van der Waals surface area contributed by atoms with Crippen LogP contribution in [0.25, 0.3) is 0 Å². The molecule has 0 unspecified atom stereocenters. The second-order valence-electron chi connectivity index (χ2n) is 4.05. The number of carbonyl (C=O) groups is 1. The summed E-state index contributed by atoms with van der Waals surface area (Å²) in [6.07, 6.45) is 1.46. The number of rotatable bonds is 3. The normalized spacial score (nSPS) is 10.6. The Hall–Kier alpha value is -2.05. The summed E-state index contributed by atoms with van der Waals surface area (Å²) in [6, 6.07) is 11.2. The maximum Gasteiger partial charge on any atom is 0.339 e. The van der Waals surface area contributed by atoms with Crippen molar-refractivity contribution in [3.8, 4) is 5.75 Å². The van der Waals surface area contributed by atoms with Crippen LogP contribution in [0.3, 0.4) is 0 Å². The Balaban J connectivity index is 1.91. The molecule has 2 aromatic rings. The van der Waals surface area contributed by atoms with Gasteiger partial charge in [0.25, 0.3) is 0 Å². The van der Waals surface area contributed by atoms with E-state index in [-0.39, 0.29) is 5.75 Å². The maximum atomic E-state index is 11.6. The summed E-state index contributed by atoms with van der Waals surface area (Å²) in [5.41, 5.74) is 3.63. The molecule has 0 aliphatic heterocycles. The molecule has 108 valence electrons. The number of nitrogens with one attached hydrogen (secondary N) is 2. The molecule has 0 fully saturated rings. The van der Waals surface area contributed by atoms with Gasteiger partial charge in [0.2, 0.25) is 0 Å². The number of aromatic hydroxyl groups is 1. The van der Waals surface area contributed by atoms with E-state index in [9.17, 15) is 9.90 Å². The van der Waals surface area contributed by atoms with Crippen LogP contribution in [-0.4, -0.2) is 17.4 Å². The quantitative estimate of drug-likeness (QED) is 0.566. The molecule has 0 saturated heterocycles. The number of amides is 2. The Kier molecular flexibility index (Phi) is 5.19. The molecule has 7 heteroatoms. The minimum atomic E-state index is -0.480. The van der Waals surface area contributed by atoms with Crippen molar-refractivity contribution in [2.45, 2.75) is 0 Å². The fourth-order valence-electron chi connectivity index (χ4n) is 1.49. The minimum absolute atomic E-state index is 0.138. The topological polar surface area (TPSA) is 73.7 Å². The molecule has 0 spiro atoms. The first kappa shape index (κ1) is 15.3. The first-order valence-corrected chi connectivity index (χ1v) is 7.06. The summed E-state index contributed by atoms with van der Waals surface area (Å²) < 4.78 is 0.551. The molecule has 0 aliphatic carbocycles. The zero-order valence-corrected chi connectivity index (χ0v) is 13.0. The highest BCUT2D eigenvalue weighted by molar-refractivity contribution is 9.10. The highest BCUT2D eigenvalue weighted by Gasteiger charge is 2.01. The number of benzene rings is 2. The molecule has 3 N–H and O–H groups in total. The fourth-order valence-corrected chi connectivity index (χ4v) is 2.08. The molecule has 0 heterocycles. The predicted molar refractivity (Wildman–Crippen MR) is 87.0 cm³/mol. The summed E-state index contributed by atoms with van der Waals surface area (Å²) in [5.74, 6) is 0.138. The molecule has 0 bridgehead atoms. The number of halogens is 2. The van der Waals surface area contributed by atoms with Gasteiger partial charge in [-0.3, -0.25) is 0 Å². The number of anilines is 1. The molecule has 0 saturated carbocycles. The highest BCUT2D eigenvalue weighted by atomic mass is 79.9. The Morgan fingerprint density at radius 2 is 2.10 bits per heavy atom. The smallest absolute Gasteiger partial charge is 0.339 e. The molecule has 2 aromatic carbocycles. The average molecular weight is 369 g/mol. The Bertz CT molecular complexity index is 692. The second kappa shape index (κ2) is 7.10. The van der Waals surface area contributed by atoms with Gasteiger partial charge in [0.05, 0.1) is 10.7 Å². The first-order chi connectivity index (χ1) is 10.0. The van der Waals surface area contributed by atoms with Crippen molar-refractivity contribution in [1.29, 1.82) is 0 Å². The number of carbonyl (C=O) groups excluding carboxylic acids is 1. The molecule has 0 radical (unpaired) electrons. The lowest BCUT2D eigenvalue weighted by Crippen LogP contribution is -2.24. The van der Waals surface area contributed by atoms with Gasteiger partial charge in [0, 0.05) is 10.7 Å². The molecule has 0 aliphatic rings. The number of phenolic OH excluding ortho intramolecular Hbond substituents is 1. The molecule has 2 amide bonds. The number of hydrazone groups is 1. The predicted octanol–water partition coefficient (Wildman–Crippen LogP) is 3.96. The molecule has 21 heavy (non-hydrogen) atoms. The summed E-state index contributed by atoms with van der Waals surface area (Å²) in [5, 5.41) is 16.3. The van der Waals surface area contributed by atoms with Crippen molar-refractivity contribution >= 4 is 45.5 Å². The van der Waals surface area contributed by atoms with Crippen LogP contribution in [0.4, 0.5) is 10.5 Å². The van der Waals surface area contributed by atoms with E-state index in [1.165, 1.54) is 12.3 Å². The molecule has 2 rings (SSSR count). The van der Waals surface area contributed by atoms with Crippen LogP contribution < -0.4 is 10.7 Å². The van der Waals surface area contributed by atoms with Gasteiger partial charge in [0.1, 0.15) is 5.75 Å². The second-order valence-corrected chi connectivity index (χ2v) is 5.34. The van der Waals surface area contributed by atoms with Gasteiger partial charge in [-0.25, -0.2) is 10.2 Å². The third-order valence-electron chi connectivity index (χ3n) is 2.43. The number of hydrogen-bond acceptors (Lipinski definition) is 3. The zero-order valence-electron chi connectivity index (χ0n) is 10.7. The largest absolute Gasteiger partial charge is 0.507 e. The summed E-state index contributed by atoms with van der Waals surface area (Å²) >= 11 is 9.01. The van der Waals surface area contributed by atoms with Crippen LogP contribution in [0, 0.1) is 0 Å². The standard InChI is InChI=1S/C14H11BrClN3O2/c15-12-6-9(4-5-13(12)20)8-17-19-14(21)18-11-3-1-2-10(16)7-11/h1-8,20H,(H2,18,19,21)/b17-8-. The molecular formula is C14H11BrClN3O2. The number of urea groups is 1. The van der Waals surface area contributed by atoms with Crippen molar-refractivity contribution in [3.63, 3.8) is 0 Å². The number of phenols is 1. The average Bonchev–Trinajstić information content (AvgIpc) is 2.43. The van der Waals surface area contributed by atoms with E-state index in [1.54, 1.807) is 36.4 Å². The summed E-state index contributed by atoms with van der Waals surface area (Å²) in [6.45, 7) is 0. The summed E-state index contributed by atoms with van der Waals surface area (Å²) in [4.78, 5) is 11.6. The van der Waals surface area contributed by atoms with E-state index in [1.807, 2.05) is 0 Å². The first-order valence-electron chi connectivity index (χ1n) is 5.89. The molecule has 0 atom stereocenters. The van der Waals surface area contributed by atoms with E-state index in [4.69, 9.17) is 11.6 Å². The summed E-state index contributed by atoms with van der Waals surface area (Å²) in [7, 11) is 0. The fraction of sp³-hybridized carbons (Fsp3) is 0. The maximum absolute atomic E-state index is 11.6. The van der Waals surface area contributed by atoms with Crippen LogP contribution in [0.15, 0.2) is 52.0 Å². The van der Waals surface area contributed by atoms with Gasteiger partial charge >= 0.3 is 6.03 Å². The lowest BCUT2D eigenvalue weighted by atomic mass is 10.2. The Morgan fingerprint density at radius 3 is 2.81 bits per heavy atom. The molecule has 0 aromatic heterocycles. The third kappa shape index (κ3) is 4.77. The van der Waals surface area contributed by atoms with E-state index >= 15 is 0 Å². The number of nitrogens with zero attached hydrogens (tertiary/aromatic N) is 1. The van der Waals surface area contributed by atoms with Crippen LogP contribution in [0.5, 0.6) is 5.75 Å². The molecule has 5 nitrogen and oxygen atoms in total. The van der Waals surface area contributed by atoms with Crippen molar-refractivity contribution < 1.29 is 9.90 Å². The zero-order chi connectivity index (χ0) is 15.2. The van der Waals surface area contributed by atoms with Crippen molar-refractivity contribution in [2.24, 2.45) is 5.10 Å². The van der Waals surface area contributed by atoms with E-state index in [0.717, 1.165) is 5.56 Å². The monoisotopic (exact) mass is 367 g/mol. The van der Waals surface area contributed by atoms with E-state index in [2.05, 4.69) is 31.8 Å². The lowest BCUT2D eigenvalue weighted by molar-refractivity contribution is 0.252. The Labute approximate surface area is 134 Å². The van der Waals surface area contributed by atoms with Crippen molar-refractivity contribution in [2.75, 3.05) is 5.32 Å². The van der Waals surface area contributed by atoms with Crippen LogP contribution >= 0.6 is 27.5 Å². The van der Waals surface area contributed by atoms with Crippen LogP contribution in [0.2, 0.25) is 5.02 Å². The van der Waals surface area contributed by atoms with E-state index < -0.39 is 6.03 Å². The van der Waals surface area contributed by atoms with Gasteiger partial charge < -0.3 is 10.4 Å². The lowest BCUT2D eigenvalue weighted by Gasteiger charge is -2.04. The van der Waals surface area contributed by atoms with E-state index in [0.29, 0.717) is 15.2 Å². The van der Waals surface area contributed by atoms with Crippen molar-refractivity contribution in [3.05, 3.63) is 57.5 Å². The van der Waals surface area contributed by atoms with Gasteiger partial charge in [-0.1, -0.05) is 17.7 Å². The van der Waals surface area contributed by atoms with Crippen LogP contribution in [0.1, 0.15) is 5.56 Å². The van der Waals surface area contributed by atoms with Gasteiger partial charge in [-0.2, -0.15) is 5.10 Å². The third-order valence-corrected chi connectivity index (χ3v) is 3.30. The van der Waals surface area contributed by atoms with Crippen LogP contribution in [-0.2, 0) is 0 Å². The Morgan fingerprint density at radius 1 is 1.29 bits per heavy atom. The minimum Gasteiger partial charge on any atom is -0.507 e. The van der Waals surface area contributed by atoms with Gasteiger partial charge in [0.15, 0.2) is 0 Å². The van der Waals surface area contributed by atoms with Crippen molar-refractivity contribution in [1.82, 2.24) is 5.43 Å². The highest BCUT2D eigenvalue weighted by Crippen LogP contribution is 2.23. The number of hydrogen-bond donors (Lipinski definition) is 3. The molecular weight excluding hydrogens is 358 g/mol. The van der Waals surface area contributed by atoms with Gasteiger partial charge in [-0.05, 0) is 57.9 Å². The van der Waals surface area contributed by atoms with Gasteiger partial charge in [-0.15, -0.1) is 0 Å².